The van der Waals surface area contributed by atoms with E-state index in [2.05, 4.69) is 461 Å². The van der Waals surface area contributed by atoms with Gasteiger partial charge in [0.2, 0.25) is 0 Å². The van der Waals surface area contributed by atoms with Gasteiger partial charge in [-0.3, -0.25) is 0 Å². The van der Waals surface area contributed by atoms with Crippen molar-refractivity contribution in [1.82, 2.24) is 0 Å². The van der Waals surface area contributed by atoms with Crippen LogP contribution in [0.15, 0.2) is 364 Å². The minimum atomic E-state index is -0.545. The Morgan fingerprint density at radius 1 is 0.202 bits per heavy atom. The van der Waals surface area contributed by atoms with Gasteiger partial charge in [-0.15, -0.1) is 0 Å². The van der Waals surface area contributed by atoms with Crippen molar-refractivity contribution in [2.24, 2.45) is 0 Å². The molecule has 4 unspecified atom stereocenters. The Hall–Kier alpha value is -7.90. The molecule has 6 radical (unpaired) electrons. The molecule has 0 aromatic heterocycles. The van der Waals surface area contributed by atoms with Gasteiger partial charge in [0.05, 0.1) is 50.4 Å². The van der Waals surface area contributed by atoms with Gasteiger partial charge in [-0.05, 0) is 119 Å². The molecule has 12 rings (SSSR count). The van der Waals surface area contributed by atoms with Crippen LogP contribution < -0.4 is 42.4 Å². The Labute approximate surface area is 843 Å². The standard InChI is InChI=1S/3C13H13P.C13H12.3C7H9P.C6H5.16CO.6CH4.6Co/c2*1-14(12-8-4-2-5-9-12)13-10-6-3-7-11-13;1-3-7-12(8-4-1)11-14-13-9-5-2-6-10-13;1-3-7-12(8-4-1)11-13-9-5-2-6-10-13;3*1-8-7-5-3-2-4-6-7;1-2-4-6-5-3-1;16*1-2;;;;;;;;;;;;/h2*2-11H,1H3;1-10,14H,11H2;1-10H,11H2;3*2-6,8H,1H3;1-5H;;;;;;;;;;;;;;;;;6*1H4;;;;;;/q;;;;;;;-1;;;;;;;;;;;;;;;;;;;;;;;;;;;;/p+2. The van der Waals surface area contributed by atoms with E-state index in [4.69, 9.17) is 74.4 Å². The van der Waals surface area contributed by atoms with Crippen molar-refractivity contribution in [3.63, 3.8) is 0 Å². The maximum atomic E-state index is 7.50. The number of hydrogen-bond acceptors (Lipinski definition) is 0. The summed E-state index contributed by atoms with van der Waals surface area (Å²) in [5.74, 6) is 0. The number of benzene rings is 12. The van der Waals surface area contributed by atoms with Crippen LogP contribution in [0.3, 0.4) is 0 Å². The van der Waals surface area contributed by atoms with Gasteiger partial charge in [0.25, 0.3) is 0 Å². The maximum absolute atomic E-state index is 7.50. The monoisotopic (exact) mass is 2120 g/mol. The molecule has 129 heavy (non-hydrogen) atoms. The molecule has 12 aromatic carbocycles. The van der Waals surface area contributed by atoms with Gasteiger partial charge in [-0.25, -0.2) is 0 Å². The third-order valence-electron chi connectivity index (χ3n) is 12.8. The smallest absolute Gasteiger partial charge is 0 e. The fourth-order valence-corrected chi connectivity index (χ4v) is 14.1. The predicted molar refractivity (Wildman–Crippen MR) is 502 cm³/mol. The molecule has 692 valence electrons. The summed E-state index contributed by atoms with van der Waals surface area (Å²) in [6.45, 7) is 83.3. The first kappa shape index (κ1) is 185. The summed E-state index contributed by atoms with van der Waals surface area (Å²) >= 11 is 0. The van der Waals surface area contributed by atoms with Gasteiger partial charge in [0, 0.05) is 101 Å². The molecule has 12 aromatic rings. The molecule has 4 atom stereocenters. The topological polar surface area (TPSA) is 318 Å². The zero-order chi connectivity index (χ0) is 91.9. The maximum Gasteiger partial charge on any atom is 0 e. The van der Waals surface area contributed by atoms with Crippen LogP contribution >= 0.6 is 50.2 Å². The van der Waals surface area contributed by atoms with Crippen molar-refractivity contribution in [2.75, 3.05) is 33.3 Å². The Morgan fingerprint density at radius 2 is 0.341 bits per heavy atom. The van der Waals surface area contributed by atoms with E-state index in [1.54, 1.807) is 0 Å². The summed E-state index contributed by atoms with van der Waals surface area (Å²) in [7, 11) is 2.58. The third-order valence-corrected chi connectivity index (χ3v) is 21.7. The summed E-state index contributed by atoms with van der Waals surface area (Å²) in [5, 5.41) is 11.7. The van der Waals surface area contributed by atoms with E-state index >= 15 is 0 Å². The Morgan fingerprint density at radius 3 is 0.481 bits per heavy atom. The van der Waals surface area contributed by atoms with Crippen LogP contribution in [-0.2, 0) is 188 Å². The van der Waals surface area contributed by atoms with E-state index < -0.39 is 15.8 Å². The van der Waals surface area contributed by atoms with Crippen molar-refractivity contribution in [3.05, 3.63) is 493 Å². The summed E-state index contributed by atoms with van der Waals surface area (Å²) in [6, 6.07) is 129. The Balaban J connectivity index is -0.0000000422. The molecule has 0 spiro atoms. The molecule has 28 heteroatoms. The summed E-state index contributed by atoms with van der Waals surface area (Å²) in [5.41, 5.74) is 4.16. The van der Waals surface area contributed by atoms with Gasteiger partial charge < -0.3 is 0 Å². The molecular formula is C101H109Co6O16P6+. The second kappa shape index (κ2) is 177. The van der Waals surface area contributed by atoms with E-state index in [1.165, 1.54) is 59.1 Å². The van der Waals surface area contributed by atoms with Crippen molar-refractivity contribution in [2.45, 2.75) is 57.1 Å². The summed E-state index contributed by atoms with van der Waals surface area (Å²) < 4.78 is 120. The SMILES string of the molecule is C.C.C.C.C.C.CPc1ccccc1.CPc1ccccc1.CPc1ccccc1.C[PH+](c1ccccc1)c1ccccc1.C[PH+](c1ccccc1)c1ccccc1.[C-]#[O+].[C-]#[O+].[C-]#[O+].[C-]#[O+].[C-]#[O+].[C-]#[O+].[C-]#[O+].[C-]#[O+].[C-]#[O+].[C-]#[O+].[C-]#[O+].[C-]#[O+].[C-]#[O+].[C-]#[O+].[C-]#[O+].[C-]#[O+].[Co].[Co].[Co].[Co].[Co].[Co].[c-]1ccccc1.c1ccc(CPc2ccccc2)cc1.c1ccc(Cc2ccccc2)cc1. The van der Waals surface area contributed by atoms with Crippen LogP contribution in [0.1, 0.15) is 61.3 Å². The molecule has 0 amide bonds. The molecule has 0 aliphatic rings. The molecule has 0 aliphatic carbocycles. The molecule has 16 nitrogen and oxygen atoms in total. The van der Waals surface area contributed by atoms with E-state index in [0.717, 1.165) is 46.9 Å². The van der Waals surface area contributed by atoms with Crippen LogP contribution in [0.2, 0.25) is 0 Å². The first-order valence-electron chi connectivity index (χ1n) is 32.1. The minimum Gasteiger partial charge on any atom is -0.184 e. The zero-order valence-electron chi connectivity index (χ0n) is 66.6. The molecular weight excluding hydrogens is 2010 g/mol. The first-order valence-corrected chi connectivity index (χ1v) is 41.8. The molecule has 0 aliphatic heterocycles. The van der Waals surface area contributed by atoms with Crippen LogP contribution in [0, 0.1) is 112 Å². The van der Waals surface area contributed by atoms with Crippen LogP contribution in [-0.4, -0.2) is 33.3 Å². The van der Waals surface area contributed by atoms with Gasteiger partial charge >= 0.3 is 181 Å². The largest absolute Gasteiger partial charge is 0.184 e. The number of hydrogen-bond donors (Lipinski definition) is 0. The van der Waals surface area contributed by atoms with E-state index in [9.17, 15) is 0 Å². The first-order chi connectivity index (χ1) is 57.9. The van der Waals surface area contributed by atoms with Gasteiger partial charge in [-0.1, -0.05) is 364 Å². The Kier molecular flexibility index (Phi) is 254. The fraction of sp³-hybridized carbons (Fsp3) is 0.129. The molecule has 0 saturated heterocycles. The fourth-order valence-electron chi connectivity index (χ4n) is 8.03. The molecule has 0 bridgehead atoms. The molecule has 0 fully saturated rings. The average Bonchev–Trinajstić information content (AvgIpc) is 0.870. The van der Waals surface area contributed by atoms with Crippen molar-refractivity contribution in [1.29, 1.82) is 0 Å². The van der Waals surface area contributed by atoms with Crippen molar-refractivity contribution in [3.8, 4) is 0 Å². The zero-order valence-corrected chi connectivity index (χ0v) is 78.8. The second-order valence-corrected chi connectivity index (χ2v) is 28.3. The molecule has 0 N–H and O–H groups in total. The Bertz CT molecular complexity index is 3760. The van der Waals surface area contributed by atoms with Crippen molar-refractivity contribution < 1.29 is 175 Å². The summed E-state index contributed by atoms with van der Waals surface area (Å²) in [6.07, 6.45) is 2.19. The van der Waals surface area contributed by atoms with Crippen LogP contribution in [0.25, 0.3) is 0 Å². The van der Waals surface area contributed by atoms with Gasteiger partial charge in [0.1, 0.15) is 0 Å². The second-order valence-electron chi connectivity index (χ2n) is 19.0. The average molecular weight is 2120 g/mol. The summed E-state index contributed by atoms with van der Waals surface area (Å²) in [4.78, 5) is 0. The predicted octanol–water partition coefficient (Wildman–Crippen LogP) is 21.0. The quantitative estimate of drug-likeness (QED) is 0.0626. The van der Waals surface area contributed by atoms with Crippen LogP contribution in [0.4, 0.5) is 0 Å². The molecule has 0 heterocycles. The van der Waals surface area contributed by atoms with E-state index in [0.29, 0.717) is 0 Å². The minimum absolute atomic E-state index is 0. The number of rotatable bonds is 12. The van der Waals surface area contributed by atoms with E-state index in [1.807, 2.05) is 48.5 Å². The third kappa shape index (κ3) is 122. The van der Waals surface area contributed by atoms with Crippen molar-refractivity contribution >= 4 is 92.6 Å². The molecule has 0 saturated carbocycles. The van der Waals surface area contributed by atoms with E-state index in [-0.39, 0.29) is 145 Å². The van der Waals surface area contributed by atoms with Gasteiger partial charge in [-0.2, -0.15) is 36.4 Å². The van der Waals surface area contributed by atoms with Gasteiger partial charge in [0.15, 0.2) is 0 Å². The van der Waals surface area contributed by atoms with Crippen LogP contribution in [0.5, 0.6) is 0 Å². The normalized spacial score (nSPS) is 7.03.